The molecule has 1 aliphatic carbocycles. The Morgan fingerprint density at radius 2 is 1.91 bits per heavy atom. The number of rotatable bonds is 1. The molecule has 3 rings (SSSR count). The number of aryl methyl sites for hydroxylation is 1. The number of methoxy groups -OCH3 is 1. The Morgan fingerprint density at radius 3 is 2.61 bits per heavy atom. The third-order valence-corrected chi connectivity index (χ3v) is 4.19. The van der Waals surface area contributed by atoms with Gasteiger partial charge in [0.2, 0.25) is 11.2 Å². The van der Waals surface area contributed by atoms with Crippen molar-refractivity contribution >= 4 is 0 Å². The van der Waals surface area contributed by atoms with E-state index in [0.717, 1.165) is 5.56 Å². The van der Waals surface area contributed by atoms with Crippen LogP contribution in [0.5, 0.6) is 23.0 Å². The highest BCUT2D eigenvalue weighted by molar-refractivity contribution is 5.81. The van der Waals surface area contributed by atoms with Crippen molar-refractivity contribution in [1.82, 2.24) is 0 Å². The molecule has 0 spiro atoms. The minimum atomic E-state index is -0.539. The average molecular weight is 315 g/mol. The Morgan fingerprint density at radius 1 is 1.17 bits per heavy atom. The fourth-order valence-corrected chi connectivity index (χ4v) is 2.97. The molecule has 0 aliphatic heterocycles. The van der Waals surface area contributed by atoms with Gasteiger partial charge in [-0.05, 0) is 47.7 Å². The number of fused-ring (bicyclic) bond motifs is 3. The second-order valence-electron chi connectivity index (χ2n) is 5.55. The van der Waals surface area contributed by atoms with Crippen molar-refractivity contribution in [3.8, 4) is 34.1 Å². The van der Waals surface area contributed by atoms with Crippen molar-refractivity contribution in [2.45, 2.75) is 18.9 Å². The molecule has 120 valence electrons. The lowest BCUT2D eigenvalue weighted by Gasteiger charge is -2.14. The Bertz CT molecular complexity index is 847. The maximum atomic E-state index is 11.9. The summed E-state index contributed by atoms with van der Waals surface area (Å²) in [5, 5.41) is 30.2. The number of aromatic hydroxyl groups is 3. The van der Waals surface area contributed by atoms with Crippen molar-refractivity contribution in [3.63, 3.8) is 0 Å². The number of ether oxygens (including phenoxy) is 1. The number of benzene rings is 1. The van der Waals surface area contributed by atoms with Gasteiger partial charge < -0.3 is 25.8 Å². The first kappa shape index (κ1) is 15.2. The molecule has 0 saturated carbocycles. The average Bonchev–Trinajstić information content (AvgIpc) is 2.75. The van der Waals surface area contributed by atoms with E-state index in [1.807, 2.05) is 0 Å². The van der Waals surface area contributed by atoms with Gasteiger partial charge >= 0.3 is 0 Å². The molecule has 0 saturated heterocycles. The van der Waals surface area contributed by atoms with Crippen LogP contribution in [0.4, 0.5) is 0 Å². The van der Waals surface area contributed by atoms with Gasteiger partial charge in [0.15, 0.2) is 17.2 Å². The number of nitrogens with two attached hydrogens (primary N) is 1. The predicted molar refractivity (Wildman–Crippen MR) is 84.9 cm³/mol. The first-order valence-electron chi connectivity index (χ1n) is 7.19. The van der Waals surface area contributed by atoms with Gasteiger partial charge in [0.05, 0.1) is 7.11 Å². The molecule has 1 aliphatic rings. The number of phenolic OH excluding ortho intramolecular Hbond substituents is 2. The van der Waals surface area contributed by atoms with Gasteiger partial charge in [-0.3, -0.25) is 4.79 Å². The molecule has 0 heterocycles. The van der Waals surface area contributed by atoms with E-state index in [-0.39, 0.29) is 17.2 Å². The van der Waals surface area contributed by atoms with Crippen LogP contribution in [0.25, 0.3) is 11.1 Å². The smallest absolute Gasteiger partial charge is 0.220 e. The molecule has 0 aromatic heterocycles. The monoisotopic (exact) mass is 315 g/mol. The summed E-state index contributed by atoms with van der Waals surface area (Å²) in [4.78, 5) is 11.9. The van der Waals surface area contributed by atoms with E-state index in [1.54, 1.807) is 6.07 Å². The fraction of sp³-hybridized carbons (Fsp3) is 0.235. The molecular weight excluding hydrogens is 298 g/mol. The molecule has 1 atom stereocenters. The van der Waals surface area contributed by atoms with Crippen molar-refractivity contribution < 1.29 is 20.1 Å². The van der Waals surface area contributed by atoms with Gasteiger partial charge in [-0.25, -0.2) is 0 Å². The summed E-state index contributed by atoms with van der Waals surface area (Å²) in [5.74, 6) is -0.923. The van der Waals surface area contributed by atoms with E-state index >= 15 is 0 Å². The van der Waals surface area contributed by atoms with E-state index in [9.17, 15) is 20.1 Å². The first-order valence-corrected chi connectivity index (χ1v) is 7.19. The quantitative estimate of drug-likeness (QED) is 0.597. The van der Waals surface area contributed by atoms with Crippen LogP contribution in [-0.2, 0) is 6.42 Å². The summed E-state index contributed by atoms with van der Waals surface area (Å²) >= 11 is 0. The molecule has 0 radical (unpaired) electrons. The molecular formula is C17H17NO5. The summed E-state index contributed by atoms with van der Waals surface area (Å²) in [7, 11) is 1.40. The van der Waals surface area contributed by atoms with Crippen molar-refractivity contribution in [2.75, 3.05) is 7.11 Å². The SMILES string of the molecule is COc1cc2c(c(O)c1O)-c1ccc(O)c(=O)cc1C(N)CC2. The van der Waals surface area contributed by atoms with Gasteiger partial charge in [0, 0.05) is 11.6 Å². The number of hydrogen-bond donors (Lipinski definition) is 4. The van der Waals surface area contributed by atoms with Crippen LogP contribution in [0.1, 0.15) is 23.6 Å². The summed E-state index contributed by atoms with van der Waals surface area (Å²) < 4.78 is 5.07. The topological polar surface area (TPSA) is 113 Å². The summed E-state index contributed by atoms with van der Waals surface area (Å²) in [6.45, 7) is 0. The van der Waals surface area contributed by atoms with Crippen LogP contribution in [0.3, 0.4) is 0 Å². The molecule has 6 nitrogen and oxygen atoms in total. The lowest BCUT2D eigenvalue weighted by Crippen LogP contribution is -2.11. The molecule has 2 aromatic rings. The summed E-state index contributed by atoms with van der Waals surface area (Å²) in [6, 6.07) is 5.30. The van der Waals surface area contributed by atoms with Gasteiger partial charge in [0.1, 0.15) is 0 Å². The van der Waals surface area contributed by atoms with Crippen LogP contribution in [-0.4, -0.2) is 22.4 Å². The Kier molecular flexibility index (Phi) is 3.61. The molecule has 6 heteroatoms. The highest BCUT2D eigenvalue weighted by Gasteiger charge is 2.26. The number of phenols is 2. The Hall–Kier alpha value is -2.73. The van der Waals surface area contributed by atoms with Gasteiger partial charge in [-0.1, -0.05) is 6.07 Å². The van der Waals surface area contributed by atoms with E-state index < -0.39 is 17.2 Å². The minimum Gasteiger partial charge on any atom is -0.504 e. The molecule has 1 unspecified atom stereocenters. The summed E-state index contributed by atoms with van der Waals surface area (Å²) in [5.41, 5.74) is 7.82. The van der Waals surface area contributed by atoms with Crippen molar-refractivity contribution in [2.24, 2.45) is 5.73 Å². The largest absolute Gasteiger partial charge is 0.504 e. The zero-order chi connectivity index (χ0) is 16.7. The van der Waals surface area contributed by atoms with E-state index in [0.29, 0.717) is 29.5 Å². The van der Waals surface area contributed by atoms with Gasteiger partial charge in [-0.2, -0.15) is 0 Å². The third kappa shape index (κ3) is 2.37. The second kappa shape index (κ2) is 5.48. The van der Waals surface area contributed by atoms with E-state index in [1.165, 1.54) is 25.3 Å². The first-order chi connectivity index (χ1) is 10.9. The standard InChI is InChI=1S/C17H17NO5/c1-23-14-6-8-2-4-11(18)10-7-13(20)12(19)5-3-9(10)15(8)17(22)16(14)21/h3,5-7,11,21-22H,2,4,18H2,1H3,(H,19,20). The second-order valence-corrected chi connectivity index (χ2v) is 5.55. The Balaban J connectivity index is 2.42. The van der Waals surface area contributed by atoms with Crippen LogP contribution < -0.4 is 15.9 Å². The van der Waals surface area contributed by atoms with Crippen molar-refractivity contribution in [1.29, 1.82) is 0 Å². The molecule has 0 fully saturated rings. The highest BCUT2D eigenvalue weighted by Crippen LogP contribution is 2.48. The maximum absolute atomic E-state index is 11.9. The number of hydrogen-bond acceptors (Lipinski definition) is 6. The maximum Gasteiger partial charge on any atom is 0.220 e. The zero-order valence-corrected chi connectivity index (χ0v) is 12.5. The lowest BCUT2D eigenvalue weighted by atomic mass is 9.96. The highest BCUT2D eigenvalue weighted by atomic mass is 16.5. The lowest BCUT2D eigenvalue weighted by molar-refractivity contribution is 0.351. The molecule has 0 bridgehead atoms. The normalized spacial score (nSPS) is 16.2. The molecule has 2 aromatic carbocycles. The molecule has 0 amide bonds. The van der Waals surface area contributed by atoms with E-state index in [2.05, 4.69) is 0 Å². The van der Waals surface area contributed by atoms with Gasteiger partial charge in [0.25, 0.3) is 0 Å². The van der Waals surface area contributed by atoms with Crippen LogP contribution in [0, 0.1) is 0 Å². The van der Waals surface area contributed by atoms with E-state index in [4.69, 9.17) is 10.5 Å². The molecule has 5 N–H and O–H groups in total. The molecule has 23 heavy (non-hydrogen) atoms. The minimum absolute atomic E-state index is 0.172. The third-order valence-electron chi connectivity index (χ3n) is 4.19. The zero-order valence-electron chi connectivity index (χ0n) is 12.5. The van der Waals surface area contributed by atoms with Crippen LogP contribution in [0.2, 0.25) is 0 Å². The van der Waals surface area contributed by atoms with Crippen molar-refractivity contribution in [3.05, 3.63) is 45.6 Å². The Labute approximate surface area is 132 Å². The van der Waals surface area contributed by atoms with Crippen LogP contribution in [0.15, 0.2) is 29.1 Å². The van der Waals surface area contributed by atoms with Crippen LogP contribution >= 0.6 is 0 Å². The summed E-state index contributed by atoms with van der Waals surface area (Å²) in [6.07, 6.45) is 1.11. The fourth-order valence-electron chi connectivity index (χ4n) is 2.97. The predicted octanol–water partition coefficient (Wildman–Crippen LogP) is 1.79. The van der Waals surface area contributed by atoms with Gasteiger partial charge in [-0.15, -0.1) is 0 Å².